The fourth-order valence-corrected chi connectivity index (χ4v) is 4.68. The molecule has 2 aliphatic rings. The fraction of sp³-hybridized carbons (Fsp3) is 0.364. The number of nitrogens with zero attached hydrogens (tertiary/aromatic N) is 2. The van der Waals surface area contributed by atoms with Crippen LogP contribution in [0.4, 0.5) is 0 Å². The molecule has 8 heteroatoms. The number of aliphatic hydroxyl groups excluding tert-OH is 1. The summed E-state index contributed by atoms with van der Waals surface area (Å²) in [6.07, 6.45) is 0. The number of benzene rings is 1. The Balaban J connectivity index is 1.67. The number of carbonyl (C=O) groups excluding carboxylic acids is 2. The Hall–Kier alpha value is -2.68. The maximum atomic E-state index is 12.9. The third kappa shape index (κ3) is 3.98. The number of likely N-dealkylation sites (tertiary alicyclic amines) is 1. The van der Waals surface area contributed by atoms with Crippen molar-refractivity contribution in [2.24, 2.45) is 0 Å². The molecule has 2 saturated heterocycles. The van der Waals surface area contributed by atoms with Crippen LogP contribution in [0.3, 0.4) is 0 Å². The number of Topliss-reactive ketones (excluding diaryl/α,β-unsaturated/α-hetero) is 1. The molecule has 30 heavy (non-hydrogen) atoms. The first-order valence-electron chi connectivity index (χ1n) is 9.86. The summed E-state index contributed by atoms with van der Waals surface area (Å²) < 4.78 is 10.5. The van der Waals surface area contributed by atoms with E-state index in [9.17, 15) is 14.7 Å². The van der Waals surface area contributed by atoms with Crippen molar-refractivity contribution in [3.63, 3.8) is 0 Å². The molecule has 1 aromatic heterocycles. The number of hydrogen-bond acceptors (Lipinski definition) is 7. The van der Waals surface area contributed by atoms with Crippen LogP contribution in [0, 0.1) is 0 Å². The second-order valence-electron chi connectivity index (χ2n) is 7.19. The maximum absolute atomic E-state index is 12.9. The van der Waals surface area contributed by atoms with Crippen molar-refractivity contribution in [2.45, 2.75) is 6.04 Å². The van der Waals surface area contributed by atoms with Crippen LogP contribution in [0.2, 0.25) is 0 Å². The summed E-state index contributed by atoms with van der Waals surface area (Å²) in [6.45, 7) is 4.02. The third-order valence-corrected chi connectivity index (χ3v) is 6.40. The summed E-state index contributed by atoms with van der Waals surface area (Å²) in [5, 5.41) is 12.9. The maximum Gasteiger partial charge on any atom is 0.295 e. The van der Waals surface area contributed by atoms with E-state index in [1.807, 2.05) is 17.5 Å². The van der Waals surface area contributed by atoms with E-state index in [1.165, 1.54) is 11.3 Å². The second kappa shape index (κ2) is 8.99. The number of ether oxygens (including phenoxy) is 2. The van der Waals surface area contributed by atoms with E-state index in [-0.39, 0.29) is 11.3 Å². The van der Waals surface area contributed by atoms with E-state index in [4.69, 9.17) is 9.47 Å². The van der Waals surface area contributed by atoms with Crippen LogP contribution in [0.5, 0.6) is 5.75 Å². The Morgan fingerprint density at radius 1 is 1.17 bits per heavy atom. The van der Waals surface area contributed by atoms with Gasteiger partial charge in [-0.15, -0.1) is 11.3 Å². The van der Waals surface area contributed by atoms with Crippen LogP contribution in [0.15, 0.2) is 47.4 Å². The van der Waals surface area contributed by atoms with Gasteiger partial charge >= 0.3 is 0 Å². The van der Waals surface area contributed by atoms with E-state index in [0.29, 0.717) is 37.6 Å². The molecule has 0 spiro atoms. The number of morpholine rings is 1. The molecule has 0 aliphatic carbocycles. The lowest BCUT2D eigenvalue weighted by Crippen LogP contribution is -2.42. The summed E-state index contributed by atoms with van der Waals surface area (Å²) in [4.78, 5) is 30.5. The van der Waals surface area contributed by atoms with Crippen LogP contribution >= 0.6 is 11.3 Å². The molecular formula is C22H24N2O5S. The largest absolute Gasteiger partial charge is 0.507 e. The smallest absolute Gasteiger partial charge is 0.295 e. The lowest BCUT2D eigenvalue weighted by Gasteiger charge is -2.30. The van der Waals surface area contributed by atoms with Gasteiger partial charge in [-0.05, 0) is 35.7 Å². The average Bonchev–Trinajstić information content (AvgIpc) is 3.40. The summed E-state index contributed by atoms with van der Waals surface area (Å²) in [5.41, 5.74) is 0.609. The number of carbonyl (C=O) groups is 2. The van der Waals surface area contributed by atoms with Gasteiger partial charge in [-0.2, -0.15) is 0 Å². The molecule has 0 bridgehead atoms. The molecule has 0 saturated carbocycles. The van der Waals surface area contributed by atoms with Crippen molar-refractivity contribution >= 4 is 28.8 Å². The highest BCUT2D eigenvalue weighted by Crippen LogP contribution is 2.41. The van der Waals surface area contributed by atoms with Gasteiger partial charge in [0.2, 0.25) is 0 Å². The zero-order chi connectivity index (χ0) is 21.1. The van der Waals surface area contributed by atoms with Gasteiger partial charge in [0.25, 0.3) is 11.7 Å². The van der Waals surface area contributed by atoms with Gasteiger partial charge in [0.15, 0.2) is 0 Å². The molecule has 2 aromatic rings. The van der Waals surface area contributed by atoms with Crippen molar-refractivity contribution in [3.8, 4) is 5.75 Å². The van der Waals surface area contributed by atoms with Gasteiger partial charge in [0.1, 0.15) is 11.5 Å². The number of aliphatic hydroxyl groups is 1. The van der Waals surface area contributed by atoms with Crippen LogP contribution in [0.25, 0.3) is 5.76 Å². The summed E-state index contributed by atoms with van der Waals surface area (Å²) in [6, 6.07) is 9.97. The normalized spacial score (nSPS) is 21.9. The highest BCUT2D eigenvalue weighted by atomic mass is 32.1. The van der Waals surface area contributed by atoms with Crippen LogP contribution in [-0.2, 0) is 14.3 Å². The molecule has 4 rings (SSSR count). The molecule has 1 amide bonds. The first-order chi connectivity index (χ1) is 14.6. The number of rotatable bonds is 6. The molecule has 1 N–H and O–H groups in total. The second-order valence-corrected chi connectivity index (χ2v) is 8.17. The predicted molar refractivity (Wildman–Crippen MR) is 114 cm³/mol. The lowest BCUT2D eigenvalue weighted by molar-refractivity contribution is -0.140. The minimum atomic E-state index is -0.649. The SMILES string of the molecule is COc1ccc(/C(O)=C2\C(=O)C(=O)N(CCN3CCOCC3)[C@H]2c2cccs2)cc1. The van der Waals surface area contributed by atoms with E-state index < -0.39 is 17.7 Å². The highest BCUT2D eigenvalue weighted by molar-refractivity contribution is 7.10. The van der Waals surface area contributed by atoms with Crippen LogP contribution < -0.4 is 4.74 Å². The van der Waals surface area contributed by atoms with E-state index in [2.05, 4.69) is 4.90 Å². The van der Waals surface area contributed by atoms with Crippen LogP contribution in [-0.4, -0.2) is 73.1 Å². The van der Waals surface area contributed by atoms with Gasteiger partial charge in [0, 0.05) is 36.6 Å². The molecule has 1 atom stereocenters. The molecule has 0 unspecified atom stereocenters. The van der Waals surface area contributed by atoms with Crippen molar-refractivity contribution in [1.29, 1.82) is 0 Å². The topological polar surface area (TPSA) is 79.3 Å². The number of ketones is 1. The standard InChI is InChI=1S/C22H24N2O5S/c1-28-16-6-4-15(5-7-16)20(25)18-19(17-3-2-14-30-17)24(22(27)21(18)26)9-8-23-10-12-29-13-11-23/h2-7,14,19,25H,8-13H2,1H3/b20-18+/t19-/m0/s1. The summed E-state index contributed by atoms with van der Waals surface area (Å²) in [7, 11) is 1.56. The Labute approximate surface area is 179 Å². The van der Waals surface area contributed by atoms with Gasteiger partial charge in [-0.3, -0.25) is 14.5 Å². The van der Waals surface area contributed by atoms with Gasteiger partial charge in [-0.25, -0.2) is 0 Å². The third-order valence-electron chi connectivity index (χ3n) is 5.48. The molecule has 3 heterocycles. The lowest BCUT2D eigenvalue weighted by atomic mass is 10.00. The molecule has 7 nitrogen and oxygen atoms in total. The Kier molecular flexibility index (Phi) is 6.17. The molecule has 2 fully saturated rings. The first kappa shape index (κ1) is 20.6. The molecular weight excluding hydrogens is 404 g/mol. The predicted octanol–water partition coefficient (Wildman–Crippen LogP) is 2.51. The van der Waals surface area contributed by atoms with Crippen LogP contribution in [0.1, 0.15) is 16.5 Å². The van der Waals surface area contributed by atoms with Gasteiger partial charge in [-0.1, -0.05) is 6.07 Å². The monoisotopic (exact) mass is 428 g/mol. The number of methoxy groups -OCH3 is 1. The van der Waals surface area contributed by atoms with Crippen molar-refractivity contribution in [2.75, 3.05) is 46.5 Å². The minimum absolute atomic E-state index is 0.134. The Morgan fingerprint density at radius 3 is 2.53 bits per heavy atom. The minimum Gasteiger partial charge on any atom is -0.507 e. The van der Waals surface area contributed by atoms with Gasteiger partial charge in [0.05, 0.1) is 31.9 Å². The highest BCUT2D eigenvalue weighted by Gasteiger charge is 2.46. The Morgan fingerprint density at radius 2 is 1.90 bits per heavy atom. The molecule has 2 aliphatic heterocycles. The van der Waals surface area contributed by atoms with Crippen molar-refractivity contribution < 1.29 is 24.2 Å². The Bertz CT molecular complexity index is 933. The molecule has 0 radical (unpaired) electrons. The van der Waals surface area contributed by atoms with E-state index in [0.717, 1.165) is 18.0 Å². The average molecular weight is 429 g/mol. The molecule has 1 aromatic carbocycles. The van der Waals surface area contributed by atoms with E-state index in [1.54, 1.807) is 36.3 Å². The number of hydrogen-bond donors (Lipinski definition) is 1. The number of thiophene rings is 1. The summed E-state index contributed by atoms with van der Waals surface area (Å²) >= 11 is 1.47. The van der Waals surface area contributed by atoms with Crippen molar-refractivity contribution in [1.82, 2.24) is 9.80 Å². The fourth-order valence-electron chi connectivity index (χ4n) is 3.83. The summed E-state index contributed by atoms with van der Waals surface area (Å²) in [5.74, 6) is -0.740. The number of amides is 1. The van der Waals surface area contributed by atoms with Gasteiger partial charge < -0.3 is 19.5 Å². The zero-order valence-corrected chi connectivity index (χ0v) is 17.6. The first-order valence-corrected chi connectivity index (χ1v) is 10.7. The molecule has 158 valence electrons. The van der Waals surface area contributed by atoms with Crippen molar-refractivity contribution in [3.05, 3.63) is 57.8 Å². The van der Waals surface area contributed by atoms with E-state index >= 15 is 0 Å². The quantitative estimate of drug-likeness (QED) is 0.433. The zero-order valence-electron chi connectivity index (χ0n) is 16.7.